The maximum absolute atomic E-state index is 6.77. The third kappa shape index (κ3) is 5.34. The monoisotopic (exact) mass is 606 g/mol. The van der Waals surface area contributed by atoms with Gasteiger partial charge in [-0.1, -0.05) is 156 Å². The summed E-state index contributed by atoms with van der Waals surface area (Å²) in [6, 6.07) is 16.8. The molecule has 0 amide bonds. The predicted octanol–water partition coefficient (Wildman–Crippen LogP) is 9.64. The van der Waals surface area contributed by atoms with Crippen LogP contribution in [0.4, 0.5) is 0 Å². The number of benzene rings is 2. The summed E-state index contributed by atoms with van der Waals surface area (Å²) < 4.78 is 6.77. The lowest BCUT2D eigenvalue weighted by Crippen LogP contribution is -2.54. The van der Waals surface area contributed by atoms with Crippen molar-refractivity contribution in [2.45, 2.75) is 124 Å². The van der Waals surface area contributed by atoms with Crippen LogP contribution in [0.3, 0.4) is 0 Å². The van der Waals surface area contributed by atoms with Crippen molar-refractivity contribution in [1.82, 2.24) is 0 Å². The summed E-state index contributed by atoms with van der Waals surface area (Å²) in [4.78, 5) is 0. The molecule has 3 aliphatic carbocycles. The molecule has 0 spiro atoms. The van der Waals surface area contributed by atoms with Gasteiger partial charge in [0, 0.05) is 11.0 Å². The van der Waals surface area contributed by atoms with Crippen molar-refractivity contribution in [3.05, 3.63) is 93.4 Å². The van der Waals surface area contributed by atoms with E-state index in [0.29, 0.717) is 12.1 Å². The van der Waals surface area contributed by atoms with E-state index in [1.807, 2.05) is 6.08 Å². The molecule has 0 aliphatic heterocycles. The van der Waals surface area contributed by atoms with Crippen molar-refractivity contribution < 1.29 is 4.74 Å². The summed E-state index contributed by atoms with van der Waals surface area (Å²) in [6.45, 7) is 33.4. The molecule has 0 saturated carbocycles. The average molecular weight is 607 g/mol. The van der Waals surface area contributed by atoms with Crippen molar-refractivity contribution in [3.8, 4) is 5.75 Å². The highest BCUT2D eigenvalue weighted by molar-refractivity contribution is 6.95. The van der Waals surface area contributed by atoms with Gasteiger partial charge in [0.05, 0.1) is 0 Å². The zero-order valence-corrected chi connectivity index (χ0v) is 30.9. The van der Waals surface area contributed by atoms with Crippen molar-refractivity contribution in [1.29, 1.82) is 0 Å². The number of rotatable bonds is 7. The van der Waals surface area contributed by atoms with Gasteiger partial charge >= 0.3 is 0 Å². The molecule has 1 atom stereocenters. The molecular weight excluding hydrogens is 549 g/mol. The molecule has 0 bridgehead atoms. The molecule has 2 heteroatoms. The standard InChI is InChI=1S/C42H58OSi/c1-14-24-43-37-33(40(7,8)9)18-17-19-34(37)44(15-2,16-3)38-32-27-41(10,11)23-22-30(32)36-35(38)31-25-29(39(4,5)6)21-20-28(31)26-42(36,12)13/h14,17-21,25-27,38H,1,15-16,22-24H2,2-13H3. The van der Waals surface area contributed by atoms with Crippen molar-refractivity contribution in [2.75, 3.05) is 6.61 Å². The van der Waals surface area contributed by atoms with Gasteiger partial charge in [-0.2, -0.15) is 0 Å². The smallest absolute Gasteiger partial charge is 0.122 e. The van der Waals surface area contributed by atoms with Crippen LogP contribution in [-0.4, -0.2) is 14.7 Å². The van der Waals surface area contributed by atoms with E-state index in [0.717, 1.165) is 5.75 Å². The normalized spacial score (nSPS) is 20.8. The van der Waals surface area contributed by atoms with E-state index in [-0.39, 0.29) is 21.7 Å². The first kappa shape index (κ1) is 32.8. The molecule has 2 aromatic carbocycles. The first-order chi connectivity index (χ1) is 20.4. The molecule has 0 N–H and O–H groups in total. The fourth-order valence-electron chi connectivity index (χ4n) is 8.62. The Hall–Kier alpha value is -2.58. The van der Waals surface area contributed by atoms with E-state index < -0.39 is 8.07 Å². The summed E-state index contributed by atoms with van der Waals surface area (Å²) in [5.74, 6) is 1.13. The summed E-state index contributed by atoms with van der Waals surface area (Å²) in [7, 11) is -2.28. The summed E-state index contributed by atoms with van der Waals surface area (Å²) in [5, 5.41) is 4.39. The van der Waals surface area contributed by atoms with Gasteiger partial charge in [-0.05, 0) is 78.1 Å². The van der Waals surface area contributed by atoms with Crippen LogP contribution in [0, 0.1) is 10.8 Å². The second kappa shape index (κ2) is 11.0. The molecule has 0 fully saturated rings. The molecule has 1 nitrogen and oxygen atoms in total. The minimum Gasteiger partial charge on any atom is -0.489 e. The van der Waals surface area contributed by atoms with E-state index in [4.69, 9.17) is 4.74 Å². The molecule has 44 heavy (non-hydrogen) atoms. The van der Waals surface area contributed by atoms with E-state index in [2.05, 4.69) is 138 Å². The largest absolute Gasteiger partial charge is 0.489 e. The minimum absolute atomic E-state index is 0.0202. The quantitative estimate of drug-likeness (QED) is 0.225. The Morgan fingerprint density at radius 1 is 0.932 bits per heavy atom. The second-order valence-corrected chi connectivity index (χ2v) is 21.9. The zero-order valence-electron chi connectivity index (χ0n) is 29.9. The van der Waals surface area contributed by atoms with Crippen LogP contribution >= 0.6 is 0 Å². The van der Waals surface area contributed by atoms with Gasteiger partial charge in [-0.25, -0.2) is 0 Å². The first-order valence-corrected chi connectivity index (χ1v) is 19.6. The fourth-order valence-corrected chi connectivity index (χ4v) is 13.8. The highest BCUT2D eigenvalue weighted by atomic mass is 28.3. The number of allylic oxidation sites excluding steroid dienone is 4. The lowest BCUT2D eigenvalue weighted by Gasteiger charge is -2.43. The van der Waals surface area contributed by atoms with Crippen LogP contribution in [0.1, 0.15) is 107 Å². The van der Waals surface area contributed by atoms with Gasteiger partial charge in [-0.3, -0.25) is 0 Å². The molecule has 0 heterocycles. The van der Waals surface area contributed by atoms with E-state index >= 15 is 0 Å². The van der Waals surface area contributed by atoms with Gasteiger partial charge in [0.1, 0.15) is 20.4 Å². The van der Waals surface area contributed by atoms with Crippen LogP contribution in [0.5, 0.6) is 5.75 Å². The maximum atomic E-state index is 6.77. The van der Waals surface area contributed by atoms with Gasteiger partial charge < -0.3 is 4.74 Å². The Labute approximate surface area is 269 Å². The molecule has 1 unspecified atom stereocenters. The lowest BCUT2D eigenvalue weighted by atomic mass is 9.72. The van der Waals surface area contributed by atoms with Crippen LogP contribution in [-0.2, 0) is 10.8 Å². The number of fused-ring (bicyclic) bond motifs is 3. The summed E-state index contributed by atoms with van der Waals surface area (Å²) in [6.07, 6.45) is 9.56. The van der Waals surface area contributed by atoms with Crippen LogP contribution in [0.15, 0.2) is 71.8 Å². The Morgan fingerprint density at radius 3 is 2.20 bits per heavy atom. The minimum atomic E-state index is -2.28. The Morgan fingerprint density at radius 2 is 1.61 bits per heavy atom. The molecular formula is C42H58OSi. The lowest BCUT2D eigenvalue weighted by molar-refractivity contribution is 0.354. The Bertz CT molecular complexity index is 1660. The molecule has 2 aromatic rings. The molecule has 0 aromatic heterocycles. The summed E-state index contributed by atoms with van der Waals surface area (Å²) in [5.41, 5.74) is 9.94. The van der Waals surface area contributed by atoms with Crippen molar-refractivity contribution >= 4 is 24.9 Å². The Kier molecular flexibility index (Phi) is 8.23. The van der Waals surface area contributed by atoms with Gasteiger partial charge in [0.25, 0.3) is 0 Å². The molecule has 5 rings (SSSR count). The number of para-hydroxylation sites is 1. The van der Waals surface area contributed by atoms with Crippen LogP contribution in [0.25, 0.3) is 11.6 Å². The average Bonchev–Trinajstić information content (AvgIpc) is 3.27. The third-order valence-corrected chi connectivity index (χ3v) is 16.7. The highest BCUT2D eigenvalue weighted by Gasteiger charge is 2.54. The van der Waals surface area contributed by atoms with Gasteiger partial charge in [-0.15, -0.1) is 0 Å². The van der Waals surface area contributed by atoms with E-state index in [9.17, 15) is 0 Å². The second-order valence-electron chi connectivity index (χ2n) is 17.1. The Balaban J connectivity index is 1.97. The number of ether oxygens (including phenoxy) is 1. The van der Waals surface area contributed by atoms with Crippen molar-refractivity contribution in [2.24, 2.45) is 10.8 Å². The fraction of sp³-hybridized carbons (Fsp3) is 0.524. The zero-order chi connectivity index (χ0) is 32.5. The molecule has 0 saturated heterocycles. The van der Waals surface area contributed by atoms with E-state index in [1.54, 1.807) is 22.3 Å². The highest BCUT2D eigenvalue weighted by Crippen LogP contribution is 2.62. The molecule has 0 radical (unpaired) electrons. The topological polar surface area (TPSA) is 9.23 Å². The van der Waals surface area contributed by atoms with Gasteiger partial charge in [0.15, 0.2) is 0 Å². The third-order valence-electron chi connectivity index (χ3n) is 11.0. The number of hydrogen-bond donors (Lipinski definition) is 0. The van der Waals surface area contributed by atoms with Crippen molar-refractivity contribution in [3.63, 3.8) is 0 Å². The molecule has 3 aliphatic rings. The maximum Gasteiger partial charge on any atom is 0.122 e. The van der Waals surface area contributed by atoms with E-state index in [1.165, 1.54) is 51.7 Å². The predicted molar refractivity (Wildman–Crippen MR) is 195 cm³/mol. The summed E-state index contributed by atoms with van der Waals surface area (Å²) >= 11 is 0. The first-order valence-electron chi connectivity index (χ1n) is 17.1. The molecule has 236 valence electrons. The SMILES string of the molecule is C=CCOc1c(C(C)(C)C)cccc1[Si](CC)(CC)C1C2=CC(C)(C)CCC2=C2C1=c1cc(C(C)(C)C)ccc1=CC2(C)C. The van der Waals surface area contributed by atoms with Crippen LogP contribution < -0.4 is 20.4 Å². The van der Waals surface area contributed by atoms with Gasteiger partial charge in [0.2, 0.25) is 0 Å². The van der Waals surface area contributed by atoms with Crippen LogP contribution in [0.2, 0.25) is 17.6 Å². The number of hydrogen-bond acceptors (Lipinski definition) is 1.